The predicted octanol–water partition coefficient (Wildman–Crippen LogP) is 12.4. The Morgan fingerprint density at radius 3 is 1.08 bits per heavy atom. The van der Waals surface area contributed by atoms with Crippen molar-refractivity contribution in [2.75, 3.05) is 22.9 Å². The number of hydrogen-bond acceptors (Lipinski definition) is 2. The smallest absolute Gasteiger partial charge is 0.363 e. The molecule has 59 heavy (non-hydrogen) atoms. The molecule has 0 bridgehead atoms. The third-order valence-electron chi connectivity index (χ3n) is 8.53. The van der Waals surface area contributed by atoms with E-state index < -0.39 is 34.1 Å². The quantitative estimate of drug-likeness (QED) is 0.0783. The fourth-order valence-corrected chi connectivity index (χ4v) is 5.57. The van der Waals surface area contributed by atoms with E-state index in [1.165, 1.54) is 21.9 Å². The number of carbonyl (C=O) groups excluding carboxylic acids is 2. The summed E-state index contributed by atoms with van der Waals surface area (Å²) in [4.78, 5) is 28.2. The van der Waals surface area contributed by atoms with Crippen LogP contribution >= 0.6 is 0 Å². The van der Waals surface area contributed by atoms with Crippen LogP contribution in [0.3, 0.4) is 0 Å². The molecule has 0 spiro atoms. The van der Waals surface area contributed by atoms with Crippen molar-refractivity contribution in [1.82, 2.24) is 0 Å². The van der Waals surface area contributed by atoms with E-state index in [0.717, 1.165) is 36.1 Å². The maximum Gasteiger partial charge on any atom is 4.00 e. The van der Waals surface area contributed by atoms with E-state index >= 15 is 0 Å². The Bertz CT molecular complexity index is 1860. The van der Waals surface area contributed by atoms with Gasteiger partial charge in [-0.15, -0.1) is 36.4 Å². The van der Waals surface area contributed by atoms with Crippen LogP contribution in [0.15, 0.2) is 146 Å². The molecule has 0 saturated carbocycles. The first-order valence-corrected chi connectivity index (χ1v) is 19.4. The van der Waals surface area contributed by atoms with E-state index in [1.807, 2.05) is 133 Å². The maximum atomic E-state index is 14.1. The average molecular weight is 839 g/mol. The topological polar surface area (TPSA) is 40.6 Å². The molecule has 9 heteroatoms. The first kappa shape index (κ1) is 50.1. The number of rotatable bonds is 10. The molecule has 0 aliphatic rings. The van der Waals surface area contributed by atoms with Gasteiger partial charge in [-0.3, -0.25) is 9.59 Å². The SMILES string of the molecule is CC(C)(C)C(=O)N(CCCc1ccccc1)c1ccc(F)[c-]c1F.CC(C)(C)C(=O)N(CCCc1ccccc1)c1ccc(F)[c-]c1F.[Ti+4].c1cc[cH-]c1.c1cc[cH-]c1. The Kier molecular flexibility index (Phi) is 21.6. The number of aryl methyl sites for hydroxylation is 2. The second-order valence-electron chi connectivity index (χ2n) is 15.5. The minimum absolute atomic E-state index is 0. The normalized spacial score (nSPS) is 10.6. The van der Waals surface area contributed by atoms with Gasteiger partial charge in [0.1, 0.15) is 0 Å². The van der Waals surface area contributed by atoms with Gasteiger partial charge < -0.3 is 9.80 Å². The Labute approximate surface area is 363 Å². The minimum atomic E-state index is -0.840. The van der Waals surface area contributed by atoms with Crippen molar-refractivity contribution >= 4 is 23.2 Å². The molecular weight excluding hydrogens is 784 g/mol. The van der Waals surface area contributed by atoms with Gasteiger partial charge >= 0.3 is 21.7 Å². The van der Waals surface area contributed by atoms with Gasteiger partial charge in [0.25, 0.3) is 0 Å². The van der Waals surface area contributed by atoms with Gasteiger partial charge in [-0.05, 0) is 48.2 Å². The van der Waals surface area contributed by atoms with E-state index in [0.29, 0.717) is 25.9 Å². The van der Waals surface area contributed by atoms with Crippen LogP contribution in [0.2, 0.25) is 0 Å². The third-order valence-corrected chi connectivity index (χ3v) is 8.53. The number of carbonyl (C=O) groups is 2. The van der Waals surface area contributed by atoms with E-state index in [4.69, 9.17) is 0 Å². The molecule has 0 atom stereocenters. The Morgan fingerprint density at radius 2 is 0.831 bits per heavy atom. The first-order chi connectivity index (χ1) is 27.6. The molecular formula is C50H54F4N2O2Ti. The van der Waals surface area contributed by atoms with Crippen LogP contribution in [0.1, 0.15) is 65.5 Å². The summed E-state index contributed by atoms with van der Waals surface area (Å²) in [5, 5.41) is 0. The van der Waals surface area contributed by atoms with Gasteiger partial charge in [-0.1, -0.05) is 102 Å². The molecule has 6 rings (SSSR count). The summed E-state index contributed by atoms with van der Waals surface area (Å²) < 4.78 is 54.5. The molecule has 6 aromatic carbocycles. The first-order valence-electron chi connectivity index (χ1n) is 19.4. The summed E-state index contributed by atoms with van der Waals surface area (Å²) in [6.45, 7) is 11.4. The van der Waals surface area contributed by atoms with Gasteiger partial charge in [0, 0.05) is 47.2 Å². The number of hydrogen-bond donors (Lipinski definition) is 0. The molecule has 2 amide bonds. The average Bonchev–Trinajstić information content (AvgIpc) is 3.97. The second kappa shape index (κ2) is 25.4. The molecule has 0 aromatic heterocycles. The summed E-state index contributed by atoms with van der Waals surface area (Å²) in [5.74, 6) is -3.63. The summed E-state index contributed by atoms with van der Waals surface area (Å²) in [6.07, 6.45) is 2.92. The molecule has 0 fully saturated rings. The number of amides is 2. The van der Waals surface area contributed by atoms with Crippen molar-refractivity contribution in [2.24, 2.45) is 10.8 Å². The Morgan fingerprint density at radius 1 is 0.508 bits per heavy atom. The van der Waals surface area contributed by atoms with Crippen molar-refractivity contribution in [1.29, 1.82) is 0 Å². The fourth-order valence-electron chi connectivity index (χ4n) is 5.57. The predicted molar refractivity (Wildman–Crippen MR) is 228 cm³/mol. The van der Waals surface area contributed by atoms with Crippen LogP contribution in [-0.2, 0) is 44.1 Å². The zero-order valence-electron chi connectivity index (χ0n) is 34.8. The maximum absolute atomic E-state index is 14.1. The molecule has 308 valence electrons. The van der Waals surface area contributed by atoms with Crippen molar-refractivity contribution in [3.63, 3.8) is 0 Å². The number of anilines is 2. The van der Waals surface area contributed by atoms with Crippen LogP contribution in [0, 0.1) is 46.2 Å². The van der Waals surface area contributed by atoms with Crippen LogP contribution in [0.5, 0.6) is 0 Å². The van der Waals surface area contributed by atoms with Crippen molar-refractivity contribution < 1.29 is 48.9 Å². The van der Waals surface area contributed by atoms with Gasteiger partial charge in [-0.25, -0.2) is 41.8 Å². The Hall–Kier alpha value is -5.05. The summed E-state index contributed by atoms with van der Waals surface area (Å²) >= 11 is 0. The molecule has 0 radical (unpaired) electrons. The van der Waals surface area contributed by atoms with Gasteiger partial charge in [-0.2, -0.15) is 36.4 Å². The van der Waals surface area contributed by atoms with Crippen molar-refractivity contribution in [3.8, 4) is 0 Å². The molecule has 0 aliphatic heterocycles. The molecule has 0 unspecified atom stereocenters. The standard InChI is InChI=1S/2C20H22F2NO.2C5H5.Ti/c2*1-20(2,3)19(24)23(18-12-11-16(21)14-17(18)22)13-7-10-15-8-5-4-6-9-15;2*1-2-4-5-3-1;/h2*4-6,8-9,11-12H,7,10,13H2,1-3H3;2*1-5H;/q4*-1;+4. The van der Waals surface area contributed by atoms with Crippen LogP contribution in [0.25, 0.3) is 0 Å². The van der Waals surface area contributed by atoms with Crippen LogP contribution in [0.4, 0.5) is 28.9 Å². The van der Waals surface area contributed by atoms with E-state index in [-0.39, 0.29) is 44.9 Å². The largest absolute Gasteiger partial charge is 4.00 e. The fraction of sp³-hybridized carbons (Fsp3) is 0.280. The van der Waals surface area contributed by atoms with E-state index in [2.05, 4.69) is 0 Å². The molecule has 0 heterocycles. The van der Waals surface area contributed by atoms with Gasteiger partial charge in [0.15, 0.2) is 0 Å². The van der Waals surface area contributed by atoms with E-state index in [9.17, 15) is 27.2 Å². The monoisotopic (exact) mass is 838 g/mol. The zero-order valence-corrected chi connectivity index (χ0v) is 36.4. The number of nitrogens with zero attached hydrogens (tertiary/aromatic N) is 2. The van der Waals surface area contributed by atoms with Crippen molar-refractivity contribution in [3.05, 3.63) is 192 Å². The zero-order chi connectivity index (χ0) is 42.6. The van der Waals surface area contributed by atoms with E-state index in [1.54, 1.807) is 41.5 Å². The number of benzene rings is 4. The second-order valence-corrected chi connectivity index (χ2v) is 15.5. The van der Waals surface area contributed by atoms with Crippen LogP contribution in [-0.4, -0.2) is 24.9 Å². The van der Waals surface area contributed by atoms with Crippen LogP contribution < -0.4 is 9.80 Å². The summed E-state index contributed by atoms with van der Waals surface area (Å²) in [6, 6.07) is 48.7. The van der Waals surface area contributed by atoms with Gasteiger partial charge in [0.2, 0.25) is 11.8 Å². The molecule has 4 nitrogen and oxygen atoms in total. The molecule has 0 N–H and O–H groups in total. The summed E-state index contributed by atoms with van der Waals surface area (Å²) in [5.41, 5.74) is 1.15. The molecule has 6 aromatic rings. The molecule has 0 aliphatic carbocycles. The third kappa shape index (κ3) is 18.2. The minimum Gasteiger partial charge on any atom is -0.363 e. The van der Waals surface area contributed by atoms with Gasteiger partial charge in [0.05, 0.1) is 0 Å². The number of halogens is 4. The van der Waals surface area contributed by atoms with Crippen molar-refractivity contribution in [2.45, 2.75) is 67.2 Å². The molecule has 0 saturated heterocycles. The summed E-state index contributed by atoms with van der Waals surface area (Å²) in [7, 11) is 0. The Balaban J connectivity index is 0.000000323.